The summed E-state index contributed by atoms with van der Waals surface area (Å²) in [5.41, 5.74) is 0. The van der Waals surface area contributed by atoms with E-state index in [1.54, 1.807) is 0 Å². The molecule has 0 spiro atoms. The highest BCUT2D eigenvalue weighted by molar-refractivity contribution is 4.82. The third-order valence-electron chi connectivity index (χ3n) is 4.62. The summed E-state index contributed by atoms with van der Waals surface area (Å²) in [6.45, 7) is 6.35. The van der Waals surface area contributed by atoms with E-state index in [0.29, 0.717) is 0 Å². The quantitative estimate of drug-likeness (QED) is 0.751. The van der Waals surface area contributed by atoms with Gasteiger partial charge in [-0.05, 0) is 32.9 Å². The molecule has 3 nitrogen and oxygen atoms in total. The minimum absolute atomic E-state index is 0.761. The van der Waals surface area contributed by atoms with Gasteiger partial charge in [-0.15, -0.1) is 0 Å². The Labute approximate surface area is 107 Å². The molecule has 2 atom stereocenters. The monoisotopic (exact) mass is 239 g/mol. The van der Waals surface area contributed by atoms with Crippen molar-refractivity contribution in [1.82, 2.24) is 15.1 Å². The molecule has 17 heavy (non-hydrogen) atoms. The molecule has 1 N–H and O–H groups in total. The highest BCUT2D eigenvalue weighted by Gasteiger charge is 2.25. The van der Waals surface area contributed by atoms with Crippen LogP contribution in [0.1, 0.15) is 32.1 Å². The molecule has 2 aliphatic rings. The fourth-order valence-corrected chi connectivity index (χ4v) is 3.35. The van der Waals surface area contributed by atoms with Gasteiger partial charge < -0.3 is 15.1 Å². The standard InChI is InChI=1S/C14H29N3/c1-15-14-7-5-3-4-6-13(14)12-17-10-8-16(2)9-11-17/h13-15H,3-12H2,1-2H3. The highest BCUT2D eigenvalue weighted by Crippen LogP contribution is 2.24. The van der Waals surface area contributed by atoms with Crippen LogP contribution in [0.5, 0.6) is 0 Å². The largest absolute Gasteiger partial charge is 0.317 e. The lowest BCUT2D eigenvalue weighted by molar-refractivity contribution is 0.124. The van der Waals surface area contributed by atoms with Crippen molar-refractivity contribution in [1.29, 1.82) is 0 Å². The van der Waals surface area contributed by atoms with Crippen LogP contribution < -0.4 is 5.32 Å². The Hall–Kier alpha value is -0.120. The number of piperazine rings is 1. The topological polar surface area (TPSA) is 18.5 Å². The lowest BCUT2D eigenvalue weighted by Crippen LogP contribution is -2.48. The number of hydrogen-bond acceptors (Lipinski definition) is 3. The number of nitrogens with zero attached hydrogens (tertiary/aromatic N) is 2. The molecule has 100 valence electrons. The first kappa shape index (κ1) is 13.3. The Bertz CT molecular complexity index is 212. The SMILES string of the molecule is CNC1CCCCCC1CN1CCN(C)CC1. The molecule has 0 radical (unpaired) electrons. The molecule has 1 saturated carbocycles. The van der Waals surface area contributed by atoms with E-state index >= 15 is 0 Å². The van der Waals surface area contributed by atoms with Gasteiger partial charge in [0.05, 0.1) is 0 Å². The molecule has 0 aromatic rings. The fourth-order valence-electron chi connectivity index (χ4n) is 3.35. The predicted molar refractivity (Wildman–Crippen MR) is 73.4 cm³/mol. The van der Waals surface area contributed by atoms with Gasteiger partial charge in [0, 0.05) is 38.8 Å². The Morgan fingerprint density at radius 1 is 1.00 bits per heavy atom. The smallest absolute Gasteiger partial charge is 0.0110 e. The van der Waals surface area contributed by atoms with Crippen LogP contribution >= 0.6 is 0 Å². The van der Waals surface area contributed by atoms with E-state index in [9.17, 15) is 0 Å². The molecule has 0 aromatic carbocycles. The van der Waals surface area contributed by atoms with Crippen molar-refractivity contribution in [2.45, 2.75) is 38.1 Å². The zero-order chi connectivity index (χ0) is 12.1. The molecule has 1 aliphatic heterocycles. The molecular weight excluding hydrogens is 210 g/mol. The minimum atomic E-state index is 0.761. The summed E-state index contributed by atoms with van der Waals surface area (Å²) in [7, 11) is 4.38. The van der Waals surface area contributed by atoms with Crippen LogP contribution in [-0.2, 0) is 0 Å². The molecule has 1 aliphatic carbocycles. The minimum Gasteiger partial charge on any atom is -0.317 e. The summed E-state index contributed by atoms with van der Waals surface area (Å²) in [6, 6.07) is 0.761. The Morgan fingerprint density at radius 3 is 2.41 bits per heavy atom. The van der Waals surface area contributed by atoms with Gasteiger partial charge in [-0.2, -0.15) is 0 Å². The van der Waals surface area contributed by atoms with Gasteiger partial charge in [0.15, 0.2) is 0 Å². The van der Waals surface area contributed by atoms with Crippen LogP contribution in [0.2, 0.25) is 0 Å². The maximum absolute atomic E-state index is 3.56. The van der Waals surface area contributed by atoms with Gasteiger partial charge >= 0.3 is 0 Å². The van der Waals surface area contributed by atoms with Crippen LogP contribution in [0.15, 0.2) is 0 Å². The predicted octanol–water partition coefficient (Wildman–Crippen LogP) is 1.40. The summed E-state index contributed by atoms with van der Waals surface area (Å²) in [5, 5.41) is 3.56. The Kier molecular flexibility index (Phi) is 5.26. The lowest BCUT2D eigenvalue weighted by Gasteiger charge is -2.36. The lowest BCUT2D eigenvalue weighted by atomic mass is 9.94. The average molecular weight is 239 g/mol. The molecule has 2 fully saturated rings. The van der Waals surface area contributed by atoms with Gasteiger partial charge in [0.25, 0.3) is 0 Å². The fraction of sp³-hybridized carbons (Fsp3) is 1.00. The van der Waals surface area contributed by atoms with Crippen molar-refractivity contribution in [3.05, 3.63) is 0 Å². The van der Waals surface area contributed by atoms with E-state index in [1.807, 2.05) is 0 Å². The second-order valence-corrected chi connectivity index (χ2v) is 5.90. The van der Waals surface area contributed by atoms with Gasteiger partial charge in [-0.25, -0.2) is 0 Å². The second-order valence-electron chi connectivity index (χ2n) is 5.90. The van der Waals surface area contributed by atoms with Crippen LogP contribution in [-0.4, -0.2) is 62.7 Å². The molecule has 1 heterocycles. The zero-order valence-corrected chi connectivity index (χ0v) is 11.6. The van der Waals surface area contributed by atoms with E-state index in [2.05, 4.69) is 29.2 Å². The summed E-state index contributed by atoms with van der Waals surface area (Å²) in [6.07, 6.45) is 7.12. The molecule has 3 heteroatoms. The second kappa shape index (κ2) is 6.72. The molecule has 0 bridgehead atoms. The molecular formula is C14H29N3. The first-order valence-corrected chi connectivity index (χ1v) is 7.38. The summed E-state index contributed by atoms with van der Waals surface area (Å²) >= 11 is 0. The number of rotatable bonds is 3. The number of hydrogen-bond donors (Lipinski definition) is 1. The third-order valence-corrected chi connectivity index (χ3v) is 4.62. The first-order chi connectivity index (χ1) is 8.29. The van der Waals surface area contributed by atoms with Crippen LogP contribution in [0, 0.1) is 5.92 Å². The van der Waals surface area contributed by atoms with E-state index in [-0.39, 0.29) is 0 Å². The van der Waals surface area contributed by atoms with Crippen molar-refractivity contribution in [2.75, 3.05) is 46.8 Å². The molecule has 2 rings (SSSR count). The summed E-state index contributed by atoms with van der Waals surface area (Å²) < 4.78 is 0. The van der Waals surface area contributed by atoms with Crippen LogP contribution in [0.4, 0.5) is 0 Å². The Balaban J connectivity index is 1.82. The van der Waals surface area contributed by atoms with Crippen molar-refractivity contribution < 1.29 is 0 Å². The zero-order valence-electron chi connectivity index (χ0n) is 11.6. The molecule has 1 saturated heterocycles. The van der Waals surface area contributed by atoms with Crippen molar-refractivity contribution in [3.8, 4) is 0 Å². The highest BCUT2D eigenvalue weighted by atomic mass is 15.2. The van der Waals surface area contributed by atoms with E-state index in [0.717, 1.165) is 12.0 Å². The van der Waals surface area contributed by atoms with E-state index in [4.69, 9.17) is 0 Å². The van der Waals surface area contributed by atoms with Crippen LogP contribution in [0.25, 0.3) is 0 Å². The molecule has 0 amide bonds. The van der Waals surface area contributed by atoms with Crippen LogP contribution in [0.3, 0.4) is 0 Å². The third kappa shape index (κ3) is 3.94. The van der Waals surface area contributed by atoms with E-state index < -0.39 is 0 Å². The van der Waals surface area contributed by atoms with Crippen molar-refractivity contribution in [3.63, 3.8) is 0 Å². The maximum Gasteiger partial charge on any atom is 0.0110 e. The first-order valence-electron chi connectivity index (χ1n) is 7.38. The number of likely N-dealkylation sites (N-methyl/N-ethyl adjacent to an activating group) is 1. The van der Waals surface area contributed by atoms with Gasteiger partial charge in [0.1, 0.15) is 0 Å². The molecule has 2 unspecified atom stereocenters. The average Bonchev–Trinajstić information content (AvgIpc) is 2.57. The van der Waals surface area contributed by atoms with E-state index in [1.165, 1.54) is 64.8 Å². The summed E-state index contributed by atoms with van der Waals surface area (Å²) in [5.74, 6) is 0.880. The van der Waals surface area contributed by atoms with Gasteiger partial charge in [0.2, 0.25) is 0 Å². The summed E-state index contributed by atoms with van der Waals surface area (Å²) in [4.78, 5) is 5.12. The Morgan fingerprint density at radius 2 is 1.71 bits per heavy atom. The van der Waals surface area contributed by atoms with Crippen molar-refractivity contribution >= 4 is 0 Å². The normalized spacial score (nSPS) is 33.5. The van der Waals surface area contributed by atoms with Gasteiger partial charge in [-0.3, -0.25) is 0 Å². The van der Waals surface area contributed by atoms with Crippen molar-refractivity contribution in [2.24, 2.45) is 5.92 Å². The maximum atomic E-state index is 3.56. The number of nitrogens with one attached hydrogen (secondary N) is 1. The molecule has 0 aromatic heterocycles. The van der Waals surface area contributed by atoms with Gasteiger partial charge in [-0.1, -0.05) is 19.3 Å².